The number of carbonyl (C=O) groups excluding carboxylic acids is 2. The minimum Gasteiger partial charge on any atom is -0.395 e. The van der Waals surface area contributed by atoms with Crippen molar-refractivity contribution in [3.63, 3.8) is 0 Å². The van der Waals surface area contributed by atoms with Gasteiger partial charge in [0.2, 0.25) is 0 Å². The van der Waals surface area contributed by atoms with Crippen molar-refractivity contribution in [3.05, 3.63) is 34.9 Å². The van der Waals surface area contributed by atoms with E-state index in [-0.39, 0.29) is 29.8 Å². The van der Waals surface area contributed by atoms with Crippen LogP contribution < -0.4 is 10.2 Å². The number of aliphatic hydroxyl groups excluding tert-OH is 1. The van der Waals surface area contributed by atoms with Crippen LogP contribution in [0.15, 0.2) is 29.3 Å². The first kappa shape index (κ1) is 18.2. The molecule has 1 aliphatic heterocycles. The van der Waals surface area contributed by atoms with Crippen LogP contribution in [0.5, 0.6) is 0 Å². The van der Waals surface area contributed by atoms with Gasteiger partial charge in [0.15, 0.2) is 5.78 Å². The molecule has 3 rings (SSSR count). The summed E-state index contributed by atoms with van der Waals surface area (Å²) in [4.78, 5) is 27.2. The summed E-state index contributed by atoms with van der Waals surface area (Å²) in [6, 6.07) is 6.98. The molecule has 1 aromatic rings. The van der Waals surface area contributed by atoms with Gasteiger partial charge in [0.25, 0.3) is 5.91 Å². The highest BCUT2D eigenvalue weighted by molar-refractivity contribution is 6.18. The smallest absolute Gasteiger partial charge is 0.254 e. The van der Waals surface area contributed by atoms with E-state index in [9.17, 15) is 14.9 Å². The number of ketones is 1. The van der Waals surface area contributed by atoms with E-state index >= 15 is 0 Å². The Morgan fingerprint density at radius 3 is 2.77 bits per heavy atom. The molecule has 1 amide bonds. The first-order chi connectivity index (χ1) is 12.3. The molecule has 0 aromatic heterocycles. The van der Waals surface area contributed by atoms with Gasteiger partial charge in [0, 0.05) is 29.8 Å². The summed E-state index contributed by atoms with van der Waals surface area (Å²) in [5, 5.41) is 21.3. The average molecular weight is 353 g/mol. The van der Waals surface area contributed by atoms with Gasteiger partial charge in [-0.2, -0.15) is 5.26 Å². The lowest BCUT2D eigenvalue weighted by Gasteiger charge is -2.38. The number of nitrogens with zero attached hydrogens (tertiary/aromatic N) is 2. The molecule has 1 fully saturated rings. The van der Waals surface area contributed by atoms with Crippen molar-refractivity contribution in [2.75, 3.05) is 23.4 Å². The zero-order chi connectivity index (χ0) is 19.1. The predicted octanol–water partition coefficient (Wildman–Crippen LogP) is 2.38. The molecule has 1 aliphatic carbocycles. The van der Waals surface area contributed by atoms with E-state index in [1.165, 1.54) is 0 Å². The van der Waals surface area contributed by atoms with Gasteiger partial charge in [-0.25, -0.2) is 0 Å². The lowest BCUT2D eigenvalue weighted by atomic mass is 9.72. The van der Waals surface area contributed by atoms with E-state index < -0.39 is 0 Å². The third kappa shape index (κ3) is 2.99. The molecule has 0 saturated heterocycles. The zero-order valence-corrected chi connectivity index (χ0v) is 15.3. The molecule has 6 nitrogen and oxygen atoms in total. The van der Waals surface area contributed by atoms with Crippen molar-refractivity contribution in [1.82, 2.24) is 0 Å². The van der Waals surface area contributed by atoms with Crippen molar-refractivity contribution in [2.45, 2.75) is 39.7 Å². The molecule has 0 bridgehead atoms. The molecule has 136 valence electrons. The number of fused-ring (bicyclic) bond motifs is 1. The molecule has 26 heavy (non-hydrogen) atoms. The zero-order valence-electron chi connectivity index (χ0n) is 15.3. The number of benzene rings is 1. The number of carbonyl (C=O) groups is 2. The molecule has 2 aliphatic rings. The maximum absolute atomic E-state index is 12.9. The Labute approximate surface area is 153 Å². The van der Waals surface area contributed by atoms with E-state index in [4.69, 9.17) is 5.11 Å². The predicted molar refractivity (Wildman–Crippen MR) is 98.7 cm³/mol. The number of nitrogens with one attached hydrogen (secondary N) is 1. The minimum atomic E-state index is -0.266. The third-order valence-electron chi connectivity index (χ3n) is 5.10. The van der Waals surface area contributed by atoms with Crippen LogP contribution in [0.3, 0.4) is 0 Å². The number of aliphatic hydroxyl groups is 1. The topological polar surface area (TPSA) is 93.4 Å². The van der Waals surface area contributed by atoms with Gasteiger partial charge >= 0.3 is 0 Å². The second-order valence-electron chi connectivity index (χ2n) is 7.69. The fourth-order valence-corrected chi connectivity index (χ4v) is 3.94. The minimum absolute atomic E-state index is 0.0480. The van der Waals surface area contributed by atoms with Crippen LogP contribution in [0.25, 0.3) is 0 Å². The number of rotatable bonds is 4. The number of nitriles is 1. The number of amides is 1. The van der Waals surface area contributed by atoms with Crippen LogP contribution in [0.4, 0.5) is 11.4 Å². The quantitative estimate of drug-likeness (QED) is 0.867. The Hall–Kier alpha value is -2.65. The number of hydrogen-bond acceptors (Lipinski definition) is 5. The molecule has 1 saturated carbocycles. The van der Waals surface area contributed by atoms with Gasteiger partial charge in [0.1, 0.15) is 6.07 Å². The summed E-state index contributed by atoms with van der Waals surface area (Å²) in [6.07, 6.45) is 1.17. The van der Waals surface area contributed by atoms with E-state index in [1.54, 1.807) is 30.0 Å². The Balaban J connectivity index is 2.03. The van der Waals surface area contributed by atoms with E-state index in [1.807, 2.05) is 13.8 Å². The first-order valence-electron chi connectivity index (χ1n) is 8.75. The number of hydrogen-bond donors (Lipinski definition) is 2. The van der Waals surface area contributed by atoms with E-state index in [0.717, 1.165) is 6.42 Å². The summed E-state index contributed by atoms with van der Waals surface area (Å²) in [6.45, 7) is 6.06. The van der Waals surface area contributed by atoms with Gasteiger partial charge in [-0.05, 0) is 37.0 Å². The van der Waals surface area contributed by atoms with Crippen LogP contribution in [-0.2, 0) is 9.59 Å². The fraction of sp³-hybridized carbons (Fsp3) is 0.450. The Morgan fingerprint density at radius 2 is 2.12 bits per heavy atom. The molecule has 6 heteroatoms. The van der Waals surface area contributed by atoms with Crippen LogP contribution in [0, 0.1) is 16.7 Å². The largest absolute Gasteiger partial charge is 0.395 e. The SMILES string of the molecule is CC1=C2C(=O)CC(C)(C)CC2N(c2ccc(C#N)c(NCCO)c2)C1=O. The lowest BCUT2D eigenvalue weighted by molar-refractivity contribution is -0.119. The molecule has 1 aromatic carbocycles. The Bertz CT molecular complexity index is 848. The number of anilines is 2. The number of Topliss-reactive ketones (excluding diaryl/α,β-unsaturated/α-hetero) is 1. The van der Waals surface area contributed by atoms with Crippen molar-refractivity contribution >= 4 is 23.1 Å². The molecule has 1 heterocycles. The van der Waals surface area contributed by atoms with E-state index in [0.29, 0.717) is 41.1 Å². The molecule has 2 N–H and O–H groups in total. The molecule has 1 atom stereocenters. The van der Waals surface area contributed by atoms with Crippen molar-refractivity contribution in [3.8, 4) is 6.07 Å². The van der Waals surface area contributed by atoms with Crippen LogP contribution >= 0.6 is 0 Å². The van der Waals surface area contributed by atoms with Gasteiger partial charge in [0.05, 0.1) is 23.9 Å². The highest BCUT2D eigenvalue weighted by Gasteiger charge is 2.47. The Morgan fingerprint density at radius 1 is 1.38 bits per heavy atom. The standard InChI is InChI=1S/C20H23N3O3/c1-12-18-16(9-20(2,3)10-17(18)25)23(19(12)26)14-5-4-13(11-21)15(8-14)22-6-7-24/h4-5,8,16,22,24H,6-7,9-10H2,1-3H3. The maximum atomic E-state index is 12.9. The first-order valence-corrected chi connectivity index (χ1v) is 8.75. The van der Waals surface area contributed by atoms with Gasteiger partial charge in [-0.3, -0.25) is 9.59 Å². The molecule has 1 unspecified atom stereocenters. The average Bonchev–Trinajstić information content (AvgIpc) is 2.82. The summed E-state index contributed by atoms with van der Waals surface area (Å²) in [5.74, 6) is -0.110. The van der Waals surface area contributed by atoms with E-state index in [2.05, 4.69) is 11.4 Å². The van der Waals surface area contributed by atoms with Gasteiger partial charge in [-0.1, -0.05) is 13.8 Å². The van der Waals surface area contributed by atoms with Gasteiger partial charge in [-0.15, -0.1) is 0 Å². The molecule has 0 spiro atoms. The van der Waals surface area contributed by atoms with Crippen LogP contribution in [0.1, 0.15) is 39.2 Å². The van der Waals surface area contributed by atoms with Crippen LogP contribution in [0.2, 0.25) is 0 Å². The molecule has 0 radical (unpaired) electrons. The highest BCUT2D eigenvalue weighted by atomic mass is 16.3. The maximum Gasteiger partial charge on any atom is 0.254 e. The van der Waals surface area contributed by atoms with Crippen molar-refractivity contribution < 1.29 is 14.7 Å². The monoisotopic (exact) mass is 353 g/mol. The van der Waals surface area contributed by atoms with Gasteiger partial charge < -0.3 is 15.3 Å². The normalized spacial score (nSPS) is 21.7. The summed E-state index contributed by atoms with van der Waals surface area (Å²) in [5.41, 5.74) is 2.64. The second-order valence-corrected chi connectivity index (χ2v) is 7.69. The third-order valence-corrected chi connectivity index (χ3v) is 5.10. The summed E-state index contributed by atoms with van der Waals surface area (Å²) >= 11 is 0. The Kier molecular flexibility index (Phi) is 4.59. The lowest BCUT2D eigenvalue weighted by Crippen LogP contribution is -2.43. The molecular formula is C20H23N3O3. The fourth-order valence-electron chi connectivity index (χ4n) is 3.94. The van der Waals surface area contributed by atoms with Crippen LogP contribution in [-0.4, -0.2) is 36.0 Å². The molecular weight excluding hydrogens is 330 g/mol. The van der Waals surface area contributed by atoms with Crippen molar-refractivity contribution in [2.24, 2.45) is 5.41 Å². The summed E-state index contributed by atoms with van der Waals surface area (Å²) in [7, 11) is 0. The summed E-state index contributed by atoms with van der Waals surface area (Å²) < 4.78 is 0. The van der Waals surface area contributed by atoms with Crippen molar-refractivity contribution in [1.29, 1.82) is 5.26 Å². The highest BCUT2D eigenvalue weighted by Crippen LogP contribution is 2.45. The second kappa shape index (κ2) is 6.58.